The summed E-state index contributed by atoms with van der Waals surface area (Å²) in [5, 5.41) is 0. The molecule has 0 saturated heterocycles. The van der Waals surface area contributed by atoms with E-state index in [1.807, 2.05) is 17.0 Å². The van der Waals surface area contributed by atoms with Crippen LogP contribution in [-0.2, 0) is 4.79 Å². The summed E-state index contributed by atoms with van der Waals surface area (Å²) in [7, 11) is 0. The molecule has 4 heteroatoms. The smallest absolute Gasteiger partial charge is 0.278 e. The Bertz CT molecular complexity index is 868. The van der Waals surface area contributed by atoms with Gasteiger partial charge in [0.15, 0.2) is 0 Å². The highest BCUT2D eigenvalue weighted by Crippen LogP contribution is 2.48. The number of carbonyl (C=O) groups is 1. The van der Waals surface area contributed by atoms with Gasteiger partial charge in [0.25, 0.3) is 5.91 Å². The molecule has 0 bridgehead atoms. The van der Waals surface area contributed by atoms with Crippen molar-refractivity contribution in [1.29, 1.82) is 0 Å². The Morgan fingerprint density at radius 1 is 1.17 bits per heavy atom. The Labute approximate surface area is 140 Å². The number of para-hydroxylation sites is 1. The highest BCUT2D eigenvalue weighted by molar-refractivity contribution is 6.55. The van der Waals surface area contributed by atoms with Crippen molar-refractivity contribution in [3.63, 3.8) is 0 Å². The second-order valence-electron chi connectivity index (χ2n) is 7.24. The SMILES string of the molecule is C[C@H]1CC(C)(C)N2C(=O)C(=Nc3ccc(F)cc3)c3cccc1c32. The van der Waals surface area contributed by atoms with E-state index >= 15 is 0 Å². The second-order valence-corrected chi connectivity index (χ2v) is 7.24. The van der Waals surface area contributed by atoms with Crippen molar-refractivity contribution in [1.82, 2.24) is 0 Å². The molecule has 2 aliphatic rings. The molecule has 0 radical (unpaired) electrons. The minimum absolute atomic E-state index is 0.0707. The summed E-state index contributed by atoms with van der Waals surface area (Å²) in [6, 6.07) is 11.9. The van der Waals surface area contributed by atoms with Gasteiger partial charge in [-0.3, -0.25) is 4.79 Å². The van der Waals surface area contributed by atoms with Crippen LogP contribution < -0.4 is 4.90 Å². The summed E-state index contributed by atoms with van der Waals surface area (Å²) < 4.78 is 13.1. The molecule has 1 atom stereocenters. The fraction of sp³-hybridized carbons (Fsp3) is 0.300. The summed E-state index contributed by atoms with van der Waals surface area (Å²) in [4.78, 5) is 19.5. The molecule has 2 heterocycles. The van der Waals surface area contributed by atoms with Gasteiger partial charge in [-0.05, 0) is 56.0 Å². The van der Waals surface area contributed by atoms with Gasteiger partial charge < -0.3 is 4.90 Å². The number of hydrogen-bond donors (Lipinski definition) is 0. The number of halogens is 1. The van der Waals surface area contributed by atoms with Gasteiger partial charge >= 0.3 is 0 Å². The summed E-state index contributed by atoms with van der Waals surface area (Å²) in [5.41, 5.74) is 3.85. The quantitative estimate of drug-likeness (QED) is 0.756. The van der Waals surface area contributed by atoms with Crippen LogP contribution in [0.25, 0.3) is 0 Å². The third kappa shape index (κ3) is 2.09. The van der Waals surface area contributed by atoms with E-state index in [2.05, 4.69) is 31.8 Å². The van der Waals surface area contributed by atoms with Gasteiger partial charge in [0, 0.05) is 11.1 Å². The maximum absolute atomic E-state index is 13.1. The van der Waals surface area contributed by atoms with Crippen molar-refractivity contribution in [2.75, 3.05) is 4.90 Å². The van der Waals surface area contributed by atoms with Crippen LogP contribution in [0.5, 0.6) is 0 Å². The van der Waals surface area contributed by atoms with E-state index in [4.69, 9.17) is 0 Å². The lowest BCUT2D eigenvalue weighted by Crippen LogP contribution is -2.50. The number of nitrogens with zero attached hydrogens (tertiary/aromatic N) is 2. The topological polar surface area (TPSA) is 32.7 Å². The van der Waals surface area contributed by atoms with E-state index < -0.39 is 0 Å². The van der Waals surface area contributed by atoms with Crippen LogP contribution in [-0.4, -0.2) is 17.2 Å². The lowest BCUT2D eigenvalue weighted by atomic mass is 9.80. The highest BCUT2D eigenvalue weighted by atomic mass is 19.1. The molecular formula is C20H19FN2O. The lowest BCUT2D eigenvalue weighted by molar-refractivity contribution is -0.113. The normalized spacial score (nSPS) is 22.8. The van der Waals surface area contributed by atoms with Gasteiger partial charge in [0.2, 0.25) is 0 Å². The summed E-state index contributed by atoms with van der Waals surface area (Å²) in [5.74, 6) is 0.0109. The molecule has 2 aromatic carbocycles. The first-order valence-electron chi connectivity index (χ1n) is 8.20. The van der Waals surface area contributed by atoms with Gasteiger partial charge in [-0.1, -0.05) is 25.1 Å². The Morgan fingerprint density at radius 3 is 2.58 bits per heavy atom. The standard InChI is InChI=1S/C20H19FN2O/c1-12-11-20(2,3)23-18-15(12)5-4-6-16(18)17(19(23)24)22-14-9-7-13(21)8-10-14/h4-10,12H,11H2,1-3H3/t12-/m0/s1. The predicted molar refractivity (Wildman–Crippen MR) is 93.6 cm³/mol. The van der Waals surface area contributed by atoms with Gasteiger partial charge in [-0.15, -0.1) is 0 Å². The molecule has 0 saturated carbocycles. The van der Waals surface area contributed by atoms with Crippen LogP contribution in [0.2, 0.25) is 0 Å². The highest BCUT2D eigenvalue weighted by Gasteiger charge is 2.47. The number of anilines is 1. The fourth-order valence-corrected chi connectivity index (χ4v) is 4.00. The van der Waals surface area contributed by atoms with E-state index in [9.17, 15) is 9.18 Å². The molecule has 3 nitrogen and oxygen atoms in total. The molecule has 0 spiro atoms. The van der Waals surface area contributed by atoms with Crippen LogP contribution >= 0.6 is 0 Å². The van der Waals surface area contributed by atoms with Crippen LogP contribution in [0.1, 0.15) is 44.2 Å². The first-order chi connectivity index (χ1) is 11.4. The third-order valence-electron chi connectivity index (χ3n) is 4.96. The van der Waals surface area contributed by atoms with Gasteiger partial charge in [0.1, 0.15) is 11.5 Å². The molecule has 0 aliphatic carbocycles. The minimum atomic E-state index is -0.311. The monoisotopic (exact) mass is 322 g/mol. The molecule has 1 amide bonds. The molecular weight excluding hydrogens is 303 g/mol. The molecule has 2 aliphatic heterocycles. The Hall–Kier alpha value is -2.49. The molecule has 24 heavy (non-hydrogen) atoms. The summed E-state index contributed by atoms with van der Waals surface area (Å²) >= 11 is 0. The molecule has 0 N–H and O–H groups in total. The van der Waals surface area contributed by atoms with Crippen molar-refractivity contribution in [2.24, 2.45) is 4.99 Å². The van der Waals surface area contributed by atoms with E-state index in [1.54, 1.807) is 12.1 Å². The number of rotatable bonds is 1. The number of aliphatic imine (C=N–C) groups is 1. The van der Waals surface area contributed by atoms with Crippen molar-refractivity contribution in [3.8, 4) is 0 Å². The number of amides is 1. The first-order valence-corrected chi connectivity index (χ1v) is 8.20. The molecule has 0 aromatic heterocycles. The van der Waals surface area contributed by atoms with Crippen LogP contribution in [0.4, 0.5) is 15.8 Å². The van der Waals surface area contributed by atoms with E-state index in [0.717, 1.165) is 17.7 Å². The predicted octanol–water partition coefficient (Wildman–Crippen LogP) is 4.58. The van der Waals surface area contributed by atoms with Gasteiger partial charge in [0.05, 0.1) is 11.4 Å². The molecule has 0 fully saturated rings. The lowest BCUT2D eigenvalue weighted by Gasteiger charge is -2.43. The van der Waals surface area contributed by atoms with Crippen LogP contribution in [0.15, 0.2) is 47.5 Å². The molecule has 2 aromatic rings. The fourth-order valence-electron chi connectivity index (χ4n) is 4.00. The zero-order valence-corrected chi connectivity index (χ0v) is 14.0. The summed E-state index contributed by atoms with van der Waals surface area (Å²) in [6.07, 6.45) is 0.916. The van der Waals surface area contributed by atoms with Crippen LogP contribution in [0.3, 0.4) is 0 Å². The van der Waals surface area contributed by atoms with E-state index in [0.29, 0.717) is 17.3 Å². The maximum Gasteiger partial charge on any atom is 0.278 e. The zero-order valence-electron chi connectivity index (χ0n) is 14.0. The van der Waals surface area contributed by atoms with Gasteiger partial charge in [-0.25, -0.2) is 9.38 Å². The average molecular weight is 322 g/mol. The number of benzene rings is 2. The zero-order chi connectivity index (χ0) is 17.1. The first kappa shape index (κ1) is 15.1. The van der Waals surface area contributed by atoms with Crippen molar-refractivity contribution < 1.29 is 9.18 Å². The third-order valence-corrected chi connectivity index (χ3v) is 4.96. The van der Waals surface area contributed by atoms with Crippen molar-refractivity contribution in [3.05, 3.63) is 59.4 Å². The molecule has 4 rings (SSSR count). The summed E-state index contributed by atoms with van der Waals surface area (Å²) in [6.45, 7) is 6.40. The number of carbonyl (C=O) groups excluding carboxylic acids is 1. The van der Waals surface area contributed by atoms with Crippen LogP contribution in [0, 0.1) is 5.82 Å². The second kappa shape index (κ2) is 5.00. The Morgan fingerprint density at radius 2 is 1.88 bits per heavy atom. The molecule has 0 unspecified atom stereocenters. The average Bonchev–Trinajstić information content (AvgIpc) is 2.81. The van der Waals surface area contributed by atoms with Gasteiger partial charge in [-0.2, -0.15) is 0 Å². The maximum atomic E-state index is 13.1. The van der Waals surface area contributed by atoms with Crippen molar-refractivity contribution >= 4 is 23.0 Å². The molecule has 122 valence electrons. The Balaban J connectivity index is 1.92. The van der Waals surface area contributed by atoms with Crippen molar-refractivity contribution in [2.45, 2.75) is 38.6 Å². The van der Waals surface area contributed by atoms with E-state index in [-0.39, 0.29) is 17.3 Å². The Kier molecular flexibility index (Phi) is 3.14. The largest absolute Gasteiger partial charge is 0.300 e. The minimum Gasteiger partial charge on any atom is -0.300 e. The number of hydrogen-bond acceptors (Lipinski definition) is 2. The van der Waals surface area contributed by atoms with E-state index in [1.165, 1.54) is 17.7 Å².